The van der Waals surface area contributed by atoms with E-state index in [1.54, 1.807) is 0 Å². The van der Waals surface area contributed by atoms with Gasteiger partial charge in [0.2, 0.25) is 0 Å². The molecule has 0 saturated heterocycles. The molecule has 0 aliphatic rings. The quantitative estimate of drug-likeness (QED) is 0.376. The zero-order chi connectivity index (χ0) is 17.4. The molecule has 25 heavy (non-hydrogen) atoms. The number of rotatable bonds is 7. The third kappa shape index (κ3) is 6.02. The van der Waals surface area contributed by atoms with Crippen LogP contribution in [0.2, 0.25) is 0 Å². The lowest BCUT2D eigenvalue weighted by Crippen LogP contribution is -2.37. The molecule has 1 heterocycles. The van der Waals surface area contributed by atoms with Gasteiger partial charge in [0.1, 0.15) is 5.76 Å². The van der Waals surface area contributed by atoms with E-state index in [-0.39, 0.29) is 24.0 Å². The number of nitrogens with zero attached hydrogens (tertiary/aromatic N) is 2. The van der Waals surface area contributed by atoms with Crippen LogP contribution < -0.4 is 10.6 Å². The second-order valence-electron chi connectivity index (χ2n) is 5.71. The van der Waals surface area contributed by atoms with Crippen molar-refractivity contribution >= 4 is 29.9 Å². The maximum atomic E-state index is 5.42. The predicted octanol–water partition coefficient (Wildman–Crippen LogP) is 3.98. The van der Waals surface area contributed by atoms with E-state index in [1.165, 1.54) is 11.1 Å². The molecule has 138 valence electrons. The molecular weight excluding hydrogens is 427 g/mol. The van der Waals surface area contributed by atoms with Gasteiger partial charge in [-0.25, -0.2) is 4.99 Å². The Morgan fingerprint density at radius 3 is 2.52 bits per heavy atom. The number of halogens is 1. The van der Waals surface area contributed by atoms with Crippen LogP contribution in [0.15, 0.2) is 33.8 Å². The lowest BCUT2D eigenvalue weighted by Gasteiger charge is -2.12. The highest BCUT2D eigenvalue weighted by molar-refractivity contribution is 14.0. The van der Waals surface area contributed by atoms with Crippen LogP contribution in [0.1, 0.15) is 48.9 Å². The van der Waals surface area contributed by atoms with Crippen LogP contribution in [0, 0.1) is 6.92 Å². The normalized spacial score (nSPS) is 11.1. The fourth-order valence-electron chi connectivity index (χ4n) is 2.60. The highest BCUT2D eigenvalue weighted by Crippen LogP contribution is 2.15. The molecule has 5 nitrogen and oxygen atoms in total. The fourth-order valence-corrected chi connectivity index (χ4v) is 2.60. The summed E-state index contributed by atoms with van der Waals surface area (Å²) < 4.78 is 5.42. The van der Waals surface area contributed by atoms with E-state index in [9.17, 15) is 0 Å². The Morgan fingerprint density at radius 1 is 1.12 bits per heavy atom. The zero-order valence-electron chi connectivity index (χ0n) is 15.6. The molecule has 0 fully saturated rings. The number of nitrogens with one attached hydrogen (secondary N) is 2. The maximum Gasteiger partial charge on any atom is 0.191 e. The molecule has 2 N–H and O–H groups in total. The van der Waals surface area contributed by atoms with Crippen LogP contribution in [0.4, 0.5) is 0 Å². The van der Waals surface area contributed by atoms with Crippen molar-refractivity contribution in [1.29, 1.82) is 0 Å². The van der Waals surface area contributed by atoms with Gasteiger partial charge in [-0.05, 0) is 31.4 Å². The highest BCUT2D eigenvalue weighted by Gasteiger charge is 2.13. The smallest absolute Gasteiger partial charge is 0.191 e. The number of hydrogen-bond acceptors (Lipinski definition) is 3. The van der Waals surface area contributed by atoms with Gasteiger partial charge in [-0.3, -0.25) is 0 Å². The van der Waals surface area contributed by atoms with Crippen molar-refractivity contribution in [3.8, 4) is 0 Å². The molecule has 0 atom stereocenters. The van der Waals surface area contributed by atoms with Gasteiger partial charge < -0.3 is 15.2 Å². The molecule has 0 amide bonds. The van der Waals surface area contributed by atoms with Gasteiger partial charge in [0, 0.05) is 25.1 Å². The molecule has 2 aromatic rings. The Kier molecular flexibility index (Phi) is 9.55. The molecule has 2 rings (SSSR count). The van der Waals surface area contributed by atoms with Gasteiger partial charge in [0.15, 0.2) is 5.96 Å². The standard InChI is InChI=1S/C19H28N4O.HI/c1-5-17-16(18(6-2)24-23-17)13-22-19(20-7-3)21-12-15-11-9-8-10-14(15)4;/h8-11H,5-7,12-13H2,1-4H3,(H2,20,21,22);1H. The minimum absolute atomic E-state index is 0. The molecular formula is C19H29IN4O. The van der Waals surface area contributed by atoms with Gasteiger partial charge in [-0.15, -0.1) is 24.0 Å². The van der Waals surface area contributed by atoms with Crippen molar-refractivity contribution in [3.63, 3.8) is 0 Å². The molecule has 0 saturated carbocycles. The van der Waals surface area contributed by atoms with Crippen molar-refractivity contribution < 1.29 is 4.52 Å². The van der Waals surface area contributed by atoms with Gasteiger partial charge in [0.05, 0.1) is 12.2 Å². The summed E-state index contributed by atoms with van der Waals surface area (Å²) in [5, 5.41) is 10.9. The molecule has 0 aliphatic heterocycles. The van der Waals surface area contributed by atoms with Crippen LogP contribution in [-0.2, 0) is 25.9 Å². The predicted molar refractivity (Wildman–Crippen MR) is 114 cm³/mol. The minimum Gasteiger partial charge on any atom is -0.361 e. The first kappa shape index (κ1) is 21.5. The molecule has 1 aromatic carbocycles. The first-order valence-electron chi connectivity index (χ1n) is 8.72. The van der Waals surface area contributed by atoms with Gasteiger partial charge >= 0.3 is 0 Å². The summed E-state index contributed by atoms with van der Waals surface area (Å²) in [6.07, 6.45) is 1.72. The third-order valence-electron chi connectivity index (χ3n) is 4.05. The van der Waals surface area contributed by atoms with Crippen LogP contribution >= 0.6 is 24.0 Å². The molecule has 0 bridgehead atoms. The highest BCUT2D eigenvalue weighted by atomic mass is 127. The summed E-state index contributed by atoms with van der Waals surface area (Å²) >= 11 is 0. The van der Waals surface area contributed by atoms with Gasteiger partial charge in [0.25, 0.3) is 0 Å². The summed E-state index contributed by atoms with van der Waals surface area (Å²) in [4.78, 5) is 4.70. The van der Waals surface area contributed by atoms with E-state index in [4.69, 9.17) is 9.52 Å². The molecule has 0 aliphatic carbocycles. The lowest BCUT2D eigenvalue weighted by atomic mass is 10.1. The average Bonchev–Trinajstić information content (AvgIpc) is 3.00. The SMILES string of the molecule is CCNC(=NCc1ccccc1C)NCc1c(CC)noc1CC.I. The second kappa shape index (κ2) is 11.1. The molecule has 0 spiro atoms. The molecule has 1 aromatic heterocycles. The minimum atomic E-state index is 0. The van der Waals surface area contributed by atoms with Crippen molar-refractivity contribution in [1.82, 2.24) is 15.8 Å². The average molecular weight is 456 g/mol. The van der Waals surface area contributed by atoms with Gasteiger partial charge in [-0.1, -0.05) is 43.3 Å². The largest absolute Gasteiger partial charge is 0.361 e. The first-order valence-corrected chi connectivity index (χ1v) is 8.72. The number of aryl methyl sites for hydroxylation is 3. The van der Waals surface area contributed by atoms with Crippen molar-refractivity contribution in [3.05, 3.63) is 52.4 Å². The topological polar surface area (TPSA) is 62.5 Å². The van der Waals surface area contributed by atoms with Crippen molar-refractivity contribution in [2.45, 2.75) is 53.6 Å². The van der Waals surface area contributed by atoms with Crippen LogP contribution in [0.5, 0.6) is 0 Å². The second-order valence-corrected chi connectivity index (χ2v) is 5.71. The Balaban J connectivity index is 0.00000312. The van der Waals surface area contributed by atoms with E-state index < -0.39 is 0 Å². The summed E-state index contributed by atoms with van der Waals surface area (Å²) in [7, 11) is 0. The maximum absolute atomic E-state index is 5.42. The van der Waals surface area contributed by atoms with Crippen LogP contribution in [-0.4, -0.2) is 17.7 Å². The van der Waals surface area contributed by atoms with E-state index in [0.29, 0.717) is 13.1 Å². The number of aliphatic imine (C=N–C) groups is 1. The van der Waals surface area contributed by atoms with Crippen LogP contribution in [0.25, 0.3) is 0 Å². The number of aromatic nitrogens is 1. The molecule has 0 unspecified atom stereocenters. The lowest BCUT2D eigenvalue weighted by molar-refractivity contribution is 0.380. The Morgan fingerprint density at radius 2 is 1.88 bits per heavy atom. The summed E-state index contributed by atoms with van der Waals surface area (Å²) in [5.41, 5.74) is 4.68. The number of guanidine groups is 1. The van der Waals surface area contributed by atoms with Crippen molar-refractivity contribution in [2.24, 2.45) is 4.99 Å². The summed E-state index contributed by atoms with van der Waals surface area (Å²) in [5.74, 6) is 1.76. The molecule has 6 heteroatoms. The van der Waals surface area contributed by atoms with E-state index in [1.807, 2.05) is 0 Å². The Hall–Kier alpha value is -1.57. The van der Waals surface area contributed by atoms with E-state index in [0.717, 1.165) is 42.4 Å². The number of hydrogen-bond donors (Lipinski definition) is 2. The van der Waals surface area contributed by atoms with E-state index >= 15 is 0 Å². The van der Waals surface area contributed by atoms with Gasteiger partial charge in [-0.2, -0.15) is 0 Å². The third-order valence-corrected chi connectivity index (χ3v) is 4.05. The molecule has 0 radical (unpaired) electrons. The fraction of sp³-hybridized carbons (Fsp3) is 0.474. The summed E-state index contributed by atoms with van der Waals surface area (Å²) in [6.45, 7) is 10.5. The van der Waals surface area contributed by atoms with Crippen LogP contribution in [0.3, 0.4) is 0 Å². The zero-order valence-corrected chi connectivity index (χ0v) is 17.9. The Labute approximate surface area is 167 Å². The summed E-state index contributed by atoms with van der Waals surface area (Å²) in [6, 6.07) is 8.34. The van der Waals surface area contributed by atoms with Crippen molar-refractivity contribution in [2.75, 3.05) is 6.54 Å². The monoisotopic (exact) mass is 456 g/mol. The number of benzene rings is 1. The Bertz CT molecular complexity index is 660. The first-order chi connectivity index (χ1) is 11.7. The van der Waals surface area contributed by atoms with E-state index in [2.05, 4.69) is 67.8 Å².